The van der Waals surface area contributed by atoms with Gasteiger partial charge in [-0.05, 0) is 29.8 Å². The molecular formula is C21H17FN4O4. The quantitative estimate of drug-likeness (QED) is 0.646. The number of hydrogen-bond donors (Lipinski definition) is 2. The average Bonchev–Trinajstić information content (AvgIpc) is 3.17. The zero-order valence-electron chi connectivity index (χ0n) is 15.9. The first-order valence-corrected chi connectivity index (χ1v) is 9.09. The number of amides is 2. The lowest BCUT2D eigenvalue weighted by atomic mass is 10.1. The minimum absolute atomic E-state index is 0.121. The van der Waals surface area contributed by atoms with Crippen molar-refractivity contribution in [2.75, 3.05) is 17.7 Å². The van der Waals surface area contributed by atoms with E-state index < -0.39 is 17.9 Å². The van der Waals surface area contributed by atoms with Crippen molar-refractivity contribution in [3.63, 3.8) is 0 Å². The number of halogens is 1. The average molecular weight is 408 g/mol. The number of benzene rings is 2. The van der Waals surface area contributed by atoms with E-state index in [2.05, 4.69) is 15.7 Å². The number of carbonyl (C=O) groups excluding carboxylic acids is 3. The van der Waals surface area contributed by atoms with Gasteiger partial charge >= 0.3 is 5.97 Å². The van der Waals surface area contributed by atoms with E-state index in [1.807, 2.05) is 0 Å². The van der Waals surface area contributed by atoms with Gasteiger partial charge in [-0.15, -0.1) is 0 Å². The molecule has 4 rings (SSSR count). The third-order valence-electron chi connectivity index (χ3n) is 4.78. The number of nitrogens with one attached hydrogen (secondary N) is 2. The molecule has 0 spiro atoms. The van der Waals surface area contributed by atoms with E-state index in [1.165, 1.54) is 36.2 Å². The summed E-state index contributed by atoms with van der Waals surface area (Å²) in [6, 6.07) is 11.2. The highest BCUT2D eigenvalue weighted by Gasteiger charge is 2.33. The lowest BCUT2D eigenvalue weighted by Gasteiger charge is -2.25. The van der Waals surface area contributed by atoms with E-state index in [4.69, 9.17) is 4.74 Å². The summed E-state index contributed by atoms with van der Waals surface area (Å²) >= 11 is 0. The number of ether oxygens (including phenoxy) is 1. The van der Waals surface area contributed by atoms with Crippen molar-refractivity contribution in [2.45, 2.75) is 12.5 Å². The molecule has 2 amide bonds. The number of anilines is 2. The van der Waals surface area contributed by atoms with Gasteiger partial charge in [0.2, 0.25) is 11.8 Å². The first-order valence-electron chi connectivity index (χ1n) is 9.09. The summed E-state index contributed by atoms with van der Waals surface area (Å²) in [6.07, 6.45) is 1.39. The maximum atomic E-state index is 13.2. The fourth-order valence-corrected chi connectivity index (χ4v) is 3.31. The summed E-state index contributed by atoms with van der Waals surface area (Å²) in [5.41, 5.74) is 1.68. The molecule has 0 bridgehead atoms. The monoisotopic (exact) mass is 408 g/mol. The first kappa shape index (κ1) is 19.3. The zero-order chi connectivity index (χ0) is 21.3. The Morgan fingerprint density at radius 2 is 1.93 bits per heavy atom. The van der Waals surface area contributed by atoms with E-state index in [0.717, 1.165) is 0 Å². The van der Waals surface area contributed by atoms with Gasteiger partial charge in [0.1, 0.15) is 17.7 Å². The molecule has 9 heteroatoms. The van der Waals surface area contributed by atoms with Gasteiger partial charge in [-0.1, -0.05) is 24.3 Å². The molecule has 0 radical (unpaired) electrons. The largest absolute Gasteiger partial charge is 0.465 e. The van der Waals surface area contributed by atoms with Crippen LogP contribution in [0.25, 0.3) is 11.1 Å². The second-order valence-corrected chi connectivity index (χ2v) is 6.65. The number of nitrogens with zero attached hydrogens (tertiary/aromatic N) is 2. The molecule has 1 aliphatic rings. The van der Waals surface area contributed by atoms with Crippen molar-refractivity contribution in [3.8, 4) is 11.1 Å². The lowest BCUT2D eigenvalue weighted by molar-refractivity contribution is -0.125. The molecule has 3 aromatic rings. The highest BCUT2D eigenvalue weighted by Crippen LogP contribution is 2.34. The molecule has 2 aromatic carbocycles. The standard InChI is InChI=1S/C21H17FN4O4/c1-30-21(29)14-4-2-3-5-16(14)24-20(28)17-10-18(27)25-19-15(11-23-26(17)19)12-6-8-13(22)9-7-12/h2-9,11,17H,10H2,1H3,(H,24,28)(H,25,27)/t17-/m1/s1. The van der Waals surface area contributed by atoms with Crippen LogP contribution < -0.4 is 10.6 Å². The highest BCUT2D eigenvalue weighted by molar-refractivity contribution is 6.05. The molecule has 0 unspecified atom stereocenters. The van der Waals surface area contributed by atoms with E-state index >= 15 is 0 Å². The molecule has 8 nitrogen and oxygen atoms in total. The molecule has 0 aliphatic carbocycles. The van der Waals surface area contributed by atoms with E-state index in [9.17, 15) is 18.8 Å². The van der Waals surface area contributed by atoms with Crippen molar-refractivity contribution < 1.29 is 23.5 Å². The van der Waals surface area contributed by atoms with Crippen molar-refractivity contribution >= 4 is 29.3 Å². The van der Waals surface area contributed by atoms with Gasteiger partial charge in [-0.2, -0.15) is 5.10 Å². The number of aromatic nitrogens is 2. The van der Waals surface area contributed by atoms with Crippen LogP contribution in [0.5, 0.6) is 0 Å². The summed E-state index contributed by atoms with van der Waals surface area (Å²) < 4.78 is 19.4. The number of para-hydroxylation sites is 1. The Morgan fingerprint density at radius 1 is 1.20 bits per heavy atom. The third-order valence-corrected chi connectivity index (χ3v) is 4.78. The van der Waals surface area contributed by atoms with Gasteiger partial charge in [-0.25, -0.2) is 13.9 Å². The van der Waals surface area contributed by atoms with Crippen LogP contribution in [0.1, 0.15) is 22.8 Å². The Balaban J connectivity index is 1.66. The third kappa shape index (κ3) is 3.52. The lowest BCUT2D eigenvalue weighted by Crippen LogP contribution is -2.36. The van der Waals surface area contributed by atoms with Crippen LogP contribution in [0, 0.1) is 5.82 Å². The molecule has 1 aromatic heterocycles. The van der Waals surface area contributed by atoms with Gasteiger partial charge in [0.25, 0.3) is 0 Å². The number of hydrogen-bond acceptors (Lipinski definition) is 5. The van der Waals surface area contributed by atoms with Crippen LogP contribution in [0.15, 0.2) is 54.7 Å². The number of methoxy groups -OCH3 is 1. The summed E-state index contributed by atoms with van der Waals surface area (Å²) in [5.74, 6) is -1.49. The molecule has 0 saturated heterocycles. The predicted molar refractivity (Wildman–Crippen MR) is 106 cm³/mol. The Bertz CT molecular complexity index is 1140. The molecule has 1 aliphatic heterocycles. The number of rotatable bonds is 4. The molecule has 2 N–H and O–H groups in total. The van der Waals surface area contributed by atoms with E-state index in [-0.39, 0.29) is 29.4 Å². The Kier molecular flexibility index (Phi) is 5.01. The second kappa shape index (κ2) is 7.78. The van der Waals surface area contributed by atoms with Crippen molar-refractivity contribution in [2.24, 2.45) is 0 Å². The fraction of sp³-hybridized carbons (Fsp3) is 0.143. The minimum atomic E-state index is -0.923. The summed E-state index contributed by atoms with van der Waals surface area (Å²) in [7, 11) is 1.25. The minimum Gasteiger partial charge on any atom is -0.465 e. The number of fused-ring (bicyclic) bond motifs is 1. The van der Waals surface area contributed by atoms with Gasteiger partial charge in [0.15, 0.2) is 0 Å². The Labute approximate surface area is 170 Å². The van der Waals surface area contributed by atoms with Crippen molar-refractivity contribution in [1.82, 2.24) is 9.78 Å². The summed E-state index contributed by atoms with van der Waals surface area (Å²) in [6.45, 7) is 0. The van der Waals surface area contributed by atoms with Crippen LogP contribution in [0.3, 0.4) is 0 Å². The maximum absolute atomic E-state index is 13.2. The van der Waals surface area contributed by atoms with E-state index in [1.54, 1.807) is 30.3 Å². The topological polar surface area (TPSA) is 102 Å². The number of carbonyl (C=O) groups is 3. The first-order chi connectivity index (χ1) is 14.5. The van der Waals surface area contributed by atoms with E-state index in [0.29, 0.717) is 16.9 Å². The molecule has 152 valence electrons. The smallest absolute Gasteiger partial charge is 0.339 e. The van der Waals surface area contributed by atoms with Crippen LogP contribution in [0.4, 0.5) is 15.9 Å². The van der Waals surface area contributed by atoms with Crippen LogP contribution in [-0.4, -0.2) is 34.7 Å². The van der Waals surface area contributed by atoms with Crippen LogP contribution >= 0.6 is 0 Å². The van der Waals surface area contributed by atoms with Gasteiger partial charge in [0, 0.05) is 5.56 Å². The van der Waals surface area contributed by atoms with Crippen molar-refractivity contribution in [1.29, 1.82) is 0 Å². The van der Waals surface area contributed by atoms with Gasteiger partial charge in [0.05, 0.1) is 31.0 Å². The zero-order valence-corrected chi connectivity index (χ0v) is 15.9. The highest BCUT2D eigenvalue weighted by atomic mass is 19.1. The van der Waals surface area contributed by atoms with Crippen LogP contribution in [0.2, 0.25) is 0 Å². The fourth-order valence-electron chi connectivity index (χ4n) is 3.31. The molecule has 2 heterocycles. The molecular weight excluding hydrogens is 391 g/mol. The molecule has 0 saturated carbocycles. The molecule has 30 heavy (non-hydrogen) atoms. The Morgan fingerprint density at radius 3 is 2.67 bits per heavy atom. The molecule has 1 atom stereocenters. The Hall–Kier alpha value is -4.01. The second-order valence-electron chi connectivity index (χ2n) is 6.65. The summed E-state index contributed by atoms with van der Waals surface area (Å²) in [4.78, 5) is 37.2. The number of esters is 1. The predicted octanol–water partition coefficient (Wildman–Crippen LogP) is 3.00. The van der Waals surface area contributed by atoms with Gasteiger partial charge in [-0.3, -0.25) is 9.59 Å². The summed E-state index contributed by atoms with van der Waals surface area (Å²) in [5, 5.41) is 9.67. The molecule has 0 fully saturated rings. The SMILES string of the molecule is COC(=O)c1ccccc1NC(=O)[C@H]1CC(=O)Nc2c(-c3ccc(F)cc3)cnn21. The maximum Gasteiger partial charge on any atom is 0.339 e. The van der Waals surface area contributed by atoms with Gasteiger partial charge < -0.3 is 15.4 Å². The normalized spacial score (nSPS) is 15.1. The van der Waals surface area contributed by atoms with Crippen LogP contribution in [-0.2, 0) is 14.3 Å². The van der Waals surface area contributed by atoms with Crippen molar-refractivity contribution in [3.05, 3.63) is 66.1 Å².